The SMILES string of the molecule is CC(C)c1ncnc(C(C)C)c1-n1c2c(c(C3C4C5CCC(C[C@H]34)N5)nc1=O)CCN(c1cc(O)cc3cccc(Cl)c13)C2. The number of halogens is 1. The van der Waals surface area contributed by atoms with Gasteiger partial charge in [-0.2, -0.15) is 4.98 Å². The van der Waals surface area contributed by atoms with Crippen molar-refractivity contribution in [2.45, 2.75) is 89.8 Å². The van der Waals surface area contributed by atoms with Crippen molar-refractivity contribution < 1.29 is 5.11 Å². The minimum atomic E-state index is -0.250. The molecule has 5 atom stereocenters. The van der Waals surface area contributed by atoms with Crippen LogP contribution in [0.3, 0.4) is 0 Å². The van der Waals surface area contributed by atoms with Crippen LogP contribution >= 0.6 is 11.6 Å². The van der Waals surface area contributed by atoms with Crippen molar-refractivity contribution in [3.8, 4) is 11.4 Å². The van der Waals surface area contributed by atoms with E-state index in [1.165, 1.54) is 24.8 Å². The summed E-state index contributed by atoms with van der Waals surface area (Å²) >= 11 is 6.78. The van der Waals surface area contributed by atoms with Crippen LogP contribution in [0.2, 0.25) is 5.02 Å². The quantitative estimate of drug-likeness (QED) is 0.278. The van der Waals surface area contributed by atoms with E-state index in [2.05, 4.69) is 37.9 Å². The summed E-state index contributed by atoms with van der Waals surface area (Å²) in [7, 11) is 0. The van der Waals surface area contributed by atoms with Crippen molar-refractivity contribution in [1.29, 1.82) is 0 Å². The highest BCUT2D eigenvalue weighted by molar-refractivity contribution is 6.36. The van der Waals surface area contributed by atoms with Gasteiger partial charge in [0.1, 0.15) is 12.1 Å². The number of hydrogen-bond donors (Lipinski definition) is 2. The van der Waals surface area contributed by atoms with Crippen molar-refractivity contribution >= 4 is 28.1 Å². The maximum absolute atomic E-state index is 14.4. The van der Waals surface area contributed by atoms with E-state index in [-0.39, 0.29) is 23.3 Å². The zero-order chi connectivity index (χ0) is 30.4. The molecule has 8 rings (SSSR count). The topological polar surface area (TPSA) is 96.2 Å². The van der Waals surface area contributed by atoms with Crippen molar-refractivity contribution in [3.63, 3.8) is 0 Å². The summed E-state index contributed by atoms with van der Waals surface area (Å²) in [6.45, 7) is 9.66. The fraction of sp³-hybridized carbons (Fsp3) is 0.486. The monoisotopic (exact) mass is 610 g/mol. The van der Waals surface area contributed by atoms with Crippen LogP contribution in [0.15, 0.2) is 41.5 Å². The summed E-state index contributed by atoms with van der Waals surface area (Å²) in [6.07, 6.45) is 6.03. The number of phenols is 1. The molecule has 0 spiro atoms. The van der Waals surface area contributed by atoms with Gasteiger partial charge in [-0.3, -0.25) is 4.57 Å². The van der Waals surface area contributed by atoms with Crippen molar-refractivity contribution in [2.24, 2.45) is 11.8 Å². The summed E-state index contributed by atoms with van der Waals surface area (Å²) in [5.41, 5.74) is 6.26. The number of aromatic nitrogens is 4. The molecule has 5 heterocycles. The fourth-order valence-electron chi connectivity index (χ4n) is 8.66. The van der Waals surface area contributed by atoms with Gasteiger partial charge >= 0.3 is 5.69 Å². The Morgan fingerprint density at radius 1 is 1.07 bits per heavy atom. The van der Waals surface area contributed by atoms with E-state index in [0.29, 0.717) is 41.4 Å². The van der Waals surface area contributed by atoms with Crippen LogP contribution in [-0.2, 0) is 13.0 Å². The van der Waals surface area contributed by atoms with Crippen molar-refractivity contribution in [2.75, 3.05) is 11.4 Å². The first kappa shape index (κ1) is 28.0. The highest BCUT2D eigenvalue weighted by Crippen LogP contribution is 2.63. The first-order valence-corrected chi connectivity index (χ1v) is 16.5. The molecule has 3 fully saturated rings. The minimum Gasteiger partial charge on any atom is -0.508 e. The molecule has 8 nitrogen and oxygen atoms in total. The van der Waals surface area contributed by atoms with Crippen LogP contribution in [0.4, 0.5) is 5.69 Å². The minimum absolute atomic E-state index is 0.0918. The molecular weight excluding hydrogens is 572 g/mol. The van der Waals surface area contributed by atoms with Gasteiger partial charge in [0, 0.05) is 36.0 Å². The summed E-state index contributed by atoms with van der Waals surface area (Å²) < 4.78 is 1.83. The number of benzene rings is 2. The van der Waals surface area contributed by atoms with E-state index in [4.69, 9.17) is 26.6 Å². The number of nitrogens with one attached hydrogen (secondary N) is 1. The third-order valence-electron chi connectivity index (χ3n) is 10.6. The zero-order valence-corrected chi connectivity index (χ0v) is 26.5. The number of rotatable bonds is 5. The van der Waals surface area contributed by atoms with E-state index >= 15 is 0 Å². The Labute approximate surface area is 262 Å². The Balaban J connectivity index is 1.34. The van der Waals surface area contributed by atoms with E-state index in [9.17, 15) is 9.90 Å². The lowest BCUT2D eigenvalue weighted by atomic mass is 9.95. The third-order valence-corrected chi connectivity index (χ3v) is 10.9. The molecule has 2 aromatic carbocycles. The van der Waals surface area contributed by atoms with Gasteiger partial charge in [-0.1, -0.05) is 51.4 Å². The fourth-order valence-corrected chi connectivity index (χ4v) is 8.94. The molecule has 0 amide bonds. The zero-order valence-electron chi connectivity index (χ0n) is 25.7. The Morgan fingerprint density at radius 3 is 2.59 bits per heavy atom. The lowest BCUT2D eigenvalue weighted by Crippen LogP contribution is -2.39. The molecule has 228 valence electrons. The first-order valence-electron chi connectivity index (χ1n) is 16.1. The molecule has 2 bridgehead atoms. The second-order valence-corrected chi connectivity index (χ2v) is 14.3. The normalized spacial score (nSPS) is 25.5. The molecule has 1 aliphatic carbocycles. The predicted octanol–water partition coefficient (Wildman–Crippen LogP) is 6.20. The Hall–Kier alpha value is -3.49. The van der Waals surface area contributed by atoms with Crippen LogP contribution in [0, 0.1) is 11.8 Å². The van der Waals surface area contributed by atoms with Crippen molar-refractivity contribution in [1.82, 2.24) is 24.8 Å². The average Bonchev–Trinajstić information content (AvgIpc) is 3.59. The predicted molar refractivity (Wildman–Crippen MR) is 173 cm³/mol. The van der Waals surface area contributed by atoms with Gasteiger partial charge < -0.3 is 15.3 Å². The van der Waals surface area contributed by atoms with Crippen LogP contribution in [-0.4, -0.2) is 43.3 Å². The van der Waals surface area contributed by atoms with E-state index in [1.807, 2.05) is 22.8 Å². The lowest BCUT2D eigenvalue weighted by Gasteiger charge is -2.35. The van der Waals surface area contributed by atoms with Gasteiger partial charge in [0.05, 0.1) is 45.7 Å². The molecule has 2 saturated heterocycles. The number of anilines is 1. The molecule has 2 N–H and O–H groups in total. The summed E-state index contributed by atoms with van der Waals surface area (Å²) in [5.74, 6) is 1.87. The summed E-state index contributed by atoms with van der Waals surface area (Å²) in [5, 5.41) is 17.0. The number of phenolic OH excluding ortho intramolecular Hbond substituents is 1. The molecule has 3 aliphatic heterocycles. The van der Waals surface area contributed by atoms with Gasteiger partial charge in [0.2, 0.25) is 0 Å². The second-order valence-electron chi connectivity index (χ2n) is 13.9. The number of nitrogens with zero attached hydrogens (tertiary/aromatic N) is 5. The standard InChI is InChI=1S/C35H39ClN6O2/c1-17(2)31-34(32(18(3)4)38-16-37-31)42-27-15-41(26-14-21(43)12-19-6-5-7-24(36)28(19)26)11-10-22(27)33(40-35(42)44)30-23-13-20-8-9-25(39-20)29(23)30/h5-7,12,14,16-18,20,23,25,29-30,39,43H,8-11,13,15H2,1-4H3/t20?,23-,25?,29?,30?/m0/s1. The van der Waals surface area contributed by atoms with Crippen LogP contribution in [0.1, 0.15) is 93.1 Å². The van der Waals surface area contributed by atoms with Crippen molar-refractivity contribution in [3.05, 3.63) is 80.5 Å². The molecule has 2 aromatic heterocycles. The maximum Gasteiger partial charge on any atom is 0.352 e. The van der Waals surface area contributed by atoms with Gasteiger partial charge in [0.15, 0.2) is 0 Å². The highest BCUT2D eigenvalue weighted by atomic mass is 35.5. The Kier molecular flexibility index (Phi) is 6.54. The molecule has 4 unspecified atom stereocenters. The lowest BCUT2D eigenvalue weighted by molar-refractivity contribution is 0.387. The molecule has 4 aromatic rings. The van der Waals surface area contributed by atoms with Gasteiger partial charge in [0.25, 0.3) is 0 Å². The van der Waals surface area contributed by atoms with E-state index < -0.39 is 0 Å². The van der Waals surface area contributed by atoms with E-state index in [1.54, 1.807) is 18.5 Å². The molecule has 9 heteroatoms. The molecule has 1 saturated carbocycles. The second kappa shape index (κ2) is 10.3. The molecule has 4 aliphatic rings. The van der Waals surface area contributed by atoms with E-state index in [0.717, 1.165) is 57.9 Å². The largest absolute Gasteiger partial charge is 0.508 e. The van der Waals surface area contributed by atoms with Crippen LogP contribution in [0.25, 0.3) is 16.5 Å². The number of hydrogen-bond acceptors (Lipinski definition) is 7. The Morgan fingerprint density at radius 2 is 1.84 bits per heavy atom. The smallest absolute Gasteiger partial charge is 0.352 e. The van der Waals surface area contributed by atoms with Crippen LogP contribution in [0.5, 0.6) is 5.75 Å². The Bertz CT molecular complexity index is 1840. The van der Waals surface area contributed by atoms with Gasteiger partial charge in [-0.15, -0.1) is 0 Å². The van der Waals surface area contributed by atoms with Gasteiger partial charge in [-0.25, -0.2) is 14.8 Å². The molecule has 0 radical (unpaired) electrons. The third kappa shape index (κ3) is 4.28. The summed E-state index contributed by atoms with van der Waals surface area (Å²) in [6, 6.07) is 10.5. The first-order chi connectivity index (χ1) is 21.2. The number of aromatic hydroxyl groups is 1. The summed E-state index contributed by atoms with van der Waals surface area (Å²) in [4.78, 5) is 31.1. The van der Waals surface area contributed by atoms with Crippen LogP contribution < -0.4 is 15.9 Å². The molecule has 44 heavy (non-hydrogen) atoms. The average molecular weight is 611 g/mol. The highest BCUT2D eigenvalue weighted by Gasteiger charge is 2.61. The number of piperidine rings is 1. The number of fused-ring (bicyclic) bond motifs is 6. The molecular formula is C35H39ClN6O2. The van der Waals surface area contributed by atoms with Gasteiger partial charge in [-0.05, 0) is 72.4 Å². The maximum atomic E-state index is 14.4.